The van der Waals surface area contributed by atoms with E-state index >= 15 is 0 Å². The summed E-state index contributed by atoms with van der Waals surface area (Å²) in [5.41, 5.74) is 1.05. The van der Waals surface area contributed by atoms with Crippen molar-refractivity contribution in [1.29, 1.82) is 5.26 Å². The van der Waals surface area contributed by atoms with Gasteiger partial charge in [-0.25, -0.2) is 4.98 Å². The van der Waals surface area contributed by atoms with Gasteiger partial charge in [0.2, 0.25) is 0 Å². The molecule has 0 amide bonds. The van der Waals surface area contributed by atoms with E-state index in [0.29, 0.717) is 5.69 Å². The molecule has 80 valence electrons. The van der Waals surface area contributed by atoms with Gasteiger partial charge in [0, 0.05) is 6.20 Å². The molecule has 0 unspecified atom stereocenters. The third-order valence-corrected chi connectivity index (χ3v) is 3.28. The average Bonchev–Trinajstić information content (AvgIpc) is 3.04. The molecule has 16 heavy (non-hydrogen) atoms. The Morgan fingerprint density at radius 2 is 2.31 bits per heavy atom. The Kier molecular flexibility index (Phi) is 1.79. The number of nitrogens with zero attached hydrogens (tertiary/aromatic N) is 3. The summed E-state index contributed by atoms with van der Waals surface area (Å²) in [5.74, 6) is 0.821. The number of aliphatic hydroxyl groups excluding tert-OH is 1. The molecule has 0 aliphatic heterocycles. The Labute approximate surface area is 92.8 Å². The van der Waals surface area contributed by atoms with Crippen molar-refractivity contribution >= 4 is 5.52 Å². The van der Waals surface area contributed by atoms with Crippen LogP contribution in [0, 0.1) is 11.3 Å². The first-order valence-corrected chi connectivity index (χ1v) is 5.29. The first-order chi connectivity index (χ1) is 7.80. The van der Waals surface area contributed by atoms with Crippen LogP contribution in [-0.4, -0.2) is 21.1 Å². The Hall–Kier alpha value is -1.86. The minimum absolute atomic E-state index is 0.103. The molecular weight excluding hydrogens is 202 g/mol. The standard InChI is InChI=1S/C12H11N3O/c13-7-9-10-3-1-2-6-15(10)11(14-9)12(8-16)4-5-12/h1-3,6,16H,4-5,8H2. The zero-order valence-electron chi connectivity index (χ0n) is 8.72. The minimum Gasteiger partial charge on any atom is -0.395 e. The van der Waals surface area contributed by atoms with Gasteiger partial charge in [-0.1, -0.05) is 6.07 Å². The maximum Gasteiger partial charge on any atom is 0.166 e. The van der Waals surface area contributed by atoms with Gasteiger partial charge in [0.15, 0.2) is 5.69 Å². The lowest BCUT2D eigenvalue weighted by molar-refractivity contribution is 0.249. The molecule has 0 saturated heterocycles. The van der Waals surface area contributed by atoms with E-state index in [9.17, 15) is 5.11 Å². The van der Waals surface area contributed by atoms with Crippen LogP contribution >= 0.6 is 0 Å². The molecule has 4 heteroatoms. The van der Waals surface area contributed by atoms with Crippen molar-refractivity contribution in [2.75, 3.05) is 6.61 Å². The summed E-state index contributed by atoms with van der Waals surface area (Å²) in [4.78, 5) is 4.35. The number of hydrogen-bond donors (Lipinski definition) is 1. The van der Waals surface area contributed by atoms with Crippen molar-refractivity contribution in [2.24, 2.45) is 0 Å². The van der Waals surface area contributed by atoms with Crippen LogP contribution in [0.25, 0.3) is 5.52 Å². The summed E-state index contributed by atoms with van der Waals surface area (Å²) in [6, 6.07) is 7.78. The number of hydrogen-bond acceptors (Lipinski definition) is 3. The summed E-state index contributed by atoms with van der Waals surface area (Å²) < 4.78 is 1.92. The largest absolute Gasteiger partial charge is 0.395 e. The van der Waals surface area contributed by atoms with Gasteiger partial charge in [0.1, 0.15) is 11.9 Å². The fourth-order valence-electron chi connectivity index (χ4n) is 2.10. The van der Waals surface area contributed by atoms with E-state index in [0.717, 1.165) is 24.2 Å². The molecule has 0 aromatic carbocycles. The van der Waals surface area contributed by atoms with Crippen molar-refractivity contribution in [3.8, 4) is 6.07 Å². The maximum absolute atomic E-state index is 9.42. The predicted molar refractivity (Wildman–Crippen MR) is 57.9 cm³/mol. The highest BCUT2D eigenvalue weighted by Crippen LogP contribution is 2.47. The lowest BCUT2D eigenvalue weighted by atomic mass is 10.1. The van der Waals surface area contributed by atoms with Crippen LogP contribution in [0.1, 0.15) is 24.4 Å². The molecule has 1 aliphatic carbocycles. The van der Waals surface area contributed by atoms with Gasteiger partial charge in [-0.2, -0.15) is 5.26 Å². The molecule has 3 rings (SSSR count). The summed E-state index contributed by atoms with van der Waals surface area (Å²) in [6.07, 6.45) is 3.79. The Bertz CT molecular complexity index is 590. The third-order valence-electron chi connectivity index (χ3n) is 3.28. The van der Waals surface area contributed by atoms with Gasteiger partial charge in [-0.05, 0) is 25.0 Å². The molecule has 2 heterocycles. The number of pyridine rings is 1. The summed E-state index contributed by atoms with van der Waals surface area (Å²) in [6.45, 7) is 0.103. The van der Waals surface area contributed by atoms with Gasteiger partial charge in [-0.15, -0.1) is 0 Å². The normalized spacial score (nSPS) is 17.2. The van der Waals surface area contributed by atoms with Crippen molar-refractivity contribution < 1.29 is 5.11 Å². The molecule has 2 aromatic rings. The van der Waals surface area contributed by atoms with Crippen LogP contribution in [0.4, 0.5) is 0 Å². The second kappa shape index (κ2) is 3.06. The van der Waals surface area contributed by atoms with Gasteiger partial charge in [0.05, 0.1) is 17.5 Å². The molecule has 1 N–H and O–H groups in total. The van der Waals surface area contributed by atoms with Crippen molar-refractivity contribution in [3.05, 3.63) is 35.9 Å². The second-order valence-electron chi connectivity index (χ2n) is 4.29. The number of rotatable bonds is 2. The van der Waals surface area contributed by atoms with E-state index in [1.807, 2.05) is 28.8 Å². The quantitative estimate of drug-likeness (QED) is 0.816. The van der Waals surface area contributed by atoms with E-state index in [1.54, 1.807) is 0 Å². The molecule has 2 aromatic heterocycles. The number of fused-ring (bicyclic) bond motifs is 1. The lowest BCUT2D eigenvalue weighted by Crippen LogP contribution is -2.15. The lowest BCUT2D eigenvalue weighted by Gasteiger charge is -2.09. The van der Waals surface area contributed by atoms with Crippen LogP contribution in [0.2, 0.25) is 0 Å². The molecule has 4 nitrogen and oxygen atoms in total. The van der Waals surface area contributed by atoms with Gasteiger partial charge in [-0.3, -0.25) is 0 Å². The van der Waals surface area contributed by atoms with E-state index in [4.69, 9.17) is 5.26 Å². The van der Waals surface area contributed by atoms with E-state index in [2.05, 4.69) is 11.1 Å². The van der Waals surface area contributed by atoms with E-state index < -0.39 is 0 Å². The fraction of sp³-hybridized carbons (Fsp3) is 0.333. The van der Waals surface area contributed by atoms with Crippen molar-refractivity contribution in [1.82, 2.24) is 9.38 Å². The SMILES string of the molecule is N#Cc1nc(C2(CO)CC2)n2ccccc12. The number of nitriles is 1. The molecule has 1 fully saturated rings. The van der Waals surface area contributed by atoms with E-state index in [1.165, 1.54) is 0 Å². The summed E-state index contributed by atoms with van der Waals surface area (Å²) in [5, 5.41) is 18.4. The molecule has 0 atom stereocenters. The number of aliphatic hydroxyl groups is 1. The highest BCUT2D eigenvalue weighted by molar-refractivity contribution is 5.59. The Morgan fingerprint density at radius 1 is 1.50 bits per heavy atom. The van der Waals surface area contributed by atoms with Crippen LogP contribution in [0.3, 0.4) is 0 Å². The second-order valence-corrected chi connectivity index (χ2v) is 4.29. The molecule has 1 aliphatic rings. The number of imidazole rings is 1. The maximum atomic E-state index is 9.42. The third kappa shape index (κ3) is 1.09. The topological polar surface area (TPSA) is 61.3 Å². The molecule has 0 radical (unpaired) electrons. The van der Waals surface area contributed by atoms with Gasteiger partial charge in [0.25, 0.3) is 0 Å². The Morgan fingerprint density at radius 3 is 2.94 bits per heavy atom. The van der Waals surface area contributed by atoms with Crippen molar-refractivity contribution in [3.63, 3.8) is 0 Å². The highest BCUT2D eigenvalue weighted by Gasteiger charge is 2.47. The smallest absolute Gasteiger partial charge is 0.166 e. The van der Waals surface area contributed by atoms with Crippen LogP contribution in [-0.2, 0) is 5.41 Å². The van der Waals surface area contributed by atoms with E-state index in [-0.39, 0.29) is 12.0 Å². The Balaban J connectivity index is 2.30. The van der Waals surface area contributed by atoms with Crippen LogP contribution < -0.4 is 0 Å². The number of aromatic nitrogens is 2. The molecule has 0 bridgehead atoms. The predicted octanol–water partition coefficient (Wildman–Crippen LogP) is 1.23. The summed E-state index contributed by atoms with van der Waals surface area (Å²) in [7, 11) is 0. The van der Waals surface area contributed by atoms with Gasteiger partial charge >= 0.3 is 0 Å². The minimum atomic E-state index is -0.209. The molecular formula is C12H11N3O. The summed E-state index contributed by atoms with van der Waals surface area (Å²) >= 11 is 0. The monoisotopic (exact) mass is 213 g/mol. The van der Waals surface area contributed by atoms with Gasteiger partial charge < -0.3 is 9.51 Å². The van der Waals surface area contributed by atoms with Crippen LogP contribution in [0.5, 0.6) is 0 Å². The van der Waals surface area contributed by atoms with Crippen molar-refractivity contribution in [2.45, 2.75) is 18.3 Å². The zero-order valence-corrected chi connectivity index (χ0v) is 8.72. The first kappa shape index (κ1) is 9.37. The van der Waals surface area contributed by atoms with Crippen LogP contribution in [0.15, 0.2) is 24.4 Å². The molecule has 0 spiro atoms. The zero-order chi connectivity index (χ0) is 11.2. The fourth-order valence-corrected chi connectivity index (χ4v) is 2.10. The first-order valence-electron chi connectivity index (χ1n) is 5.29. The average molecular weight is 213 g/mol. The highest BCUT2D eigenvalue weighted by atomic mass is 16.3. The molecule has 1 saturated carbocycles.